The summed E-state index contributed by atoms with van der Waals surface area (Å²) in [5.41, 5.74) is 2.48. The summed E-state index contributed by atoms with van der Waals surface area (Å²) in [6.07, 6.45) is 1.62. The molecule has 0 amide bonds. The second-order valence-electron chi connectivity index (χ2n) is 4.75. The Morgan fingerprint density at radius 2 is 1.89 bits per heavy atom. The molecule has 0 aliphatic rings. The summed E-state index contributed by atoms with van der Waals surface area (Å²) in [5.74, 6) is 1.36. The first-order chi connectivity index (χ1) is 9.13. The Labute approximate surface area is 113 Å². The third-order valence-corrected chi connectivity index (χ3v) is 2.59. The van der Waals surface area contributed by atoms with Gasteiger partial charge in [-0.3, -0.25) is 0 Å². The lowest BCUT2D eigenvalue weighted by atomic mass is 10.1. The van der Waals surface area contributed by atoms with Crippen molar-refractivity contribution in [2.75, 3.05) is 5.32 Å². The first kappa shape index (κ1) is 13.3. The lowest BCUT2D eigenvalue weighted by Gasteiger charge is -2.10. The van der Waals surface area contributed by atoms with E-state index in [1.165, 1.54) is 17.5 Å². The number of hydrogen-bond acceptors (Lipinski definition) is 4. The molecule has 2 rings (SSSR count). The molecule has 0 aliphatic heterocycles. The van der Waals surface area contributed by atoms with Crippen molar-refractivity contribution < 1.29 is 4.74 Å². The van der Waals surface area contributed by atoms with Crippen LogP contribution in [-0.4, -0.2) is 16.1 Å². The molecule has 0 saturated heterocycles. The normalized spacial score (nSPS) is 10.5. The number of nitrogens with zero attached hydrogens (tertiary/aromatic N) is 2. The number of ether oxygens (including phenoxy) is 1. The van der Waals surface area contributed by atoms with E-state index in [-0.39, 0.29) is 6.10 Å². The van der Waals surface area contributed by atoms with E-state index in [9.17, 15) is 0 Å². The van der Waals surface area contributed by atoms with Crippen molar-refractivity contribution in [3.63, 3.8) is 0 Å². The molecule has 0 radical (unpaired) electrons. The predicted molar refractivity (Wildman–Crippen MR) is 76.3 cm³/mol. The number of hydrogen-bond donors (Lipinski definition) is 1. The van der Waals surface area contributed by atoms with Gasteiger partial charge in [-0.05, 0) is 26.3 Å². The van der Waals surface area contributed by atoms with Crippen molar-refractivity contribution in [3.8, 4) is 5.88 Å². The van der Waals surface area contributed by atoms with Crippen LogP contribution >= 0.6 is 0 Å². The summed E-state index contributed by atoms with van der Waals surface area (Å²) in [6, 6.07) is 10.2. The maximum atomic E-state index is 5.53. The van der Waals surface area contributed by atoms with Gasteiger partial charge >= 0.3 is 0 Å². The molecule has 0 aliphatic carbocycles. The fourth-order valence-electron chi connectivity index (χ4n) is 1.64. The third kappa shape index (κ3) is 4.25. The molecule has 0 fully saturated rings. The number of rotatable bonds is 5. The van der Waals surface area contributed by atoms with Crippen molar-refractivity contribution in [2.24, 2.45) is 0 Å². The number of anilines is 1. The highest BCUT2D eigenvalue weighted by atomic mass is 16.5. The van der Waals surface area contributed by atoms with Crippen LogP contribution in [0.15, 0.2) is 36.7 Å². The van der Waals surface area contributed by atoms with E-state index in [2.05, 4.69) is 46.5 Å². The standard InChI is InChI=1S/C15H19N3O/c1-11(2)19-15-8-14(17-10-18-15)16-9-13-6-4-12(3)5-7-13/h4-8,10-11H,9H2,1-3H3,(H,16,17,18). The molecule has 4 heteroatoms. The maximum Gasteiger partial charge on any atom is 0.218 e. The molecule has 0 unspecified atom stereocenters. The molecule has 100 valence electrons. The van der Waals surface area contributed by atoms with Gasteiger partial charge < -0.3 is 10.1 Å². The number of nitrogens with one attached hydrogen (secondary N) is 1. The molecule has 1 heterocycles. The molecule has 2 aromatic rings. The molecule has 0 saturated carbocycles. The van der Waals surface area contributed by atoms with Crippen molar-refractivity contribution in [1.29, 1.82) is 0 Å². The Kier molecular flexibility index (Phi) is 4.34. The summed E-state index contributed by atoms with van der Waals surface area (Å²) in [4.78, 5) is 8.25. The zero-order valence-corrected chi connectivity index (χ0v) is 11.6. The SMILES string of the molecule is Cc1ccc(CNc2cc(OC(C)C)ncn2)cc1. The van der Waals surface area contributed by atoms with Crippen LogP contribution in [0.5, 0.6) is 5.88 Å². The van der Waals surface area contributed by atoms with Crippen LogP contribution in [0.3, 0.4) is 0 Å². The van der Waals surface area contributed by atoms with Gasteiger partial charge in [0.15, 0.2) is 0 Å². The Morgan fingerprint density at radius 1 is 1.16 bits per heavy atom. The molecular weight excluding hydrogens is 238 g/mol. The average molecular weight is 257 g/mol. The van der Waals surface area contributed by atoms with Crippen molar-refractivity contribution in [1.82, 2.24) is 9.97 Å². The summed E-state index contributed by atoms with van der Waals surface area (Å²) in [7, 11) is 0. The van der Waals surface area contributed by atoms with Gasteiger partial charge in [0.05, 0.1) is 6.10 Å². The van der Waals surface area contributed by atoms with E-state index < -0.39 is 0 Å². The van der Waals surface area contributed by atoms with Gasteiger partial charge in [-0.25, -0.2) is 9.97 Å². The predicted octanol–water partition coefficient (Wildman–Crippen LogP) is 3.18. The summed E-state index contributed by atoms with van der Waals surface area (Å²) in [5, 5.41) is 3.26. The Bertz CT molecular complexity index is 523. The van der Waals surface area contributed by atoms with Crippen LogP contribution in [0.25, 0.3) is 0 Å². The van der Waals surface area contributed by atoms with Crippen LogP contribution in [-0.2, 0) is 6.54 Å². The van der Waals surface area contributed by atoms with Crippen molar-refractivity contribution in [2.45, 2.75) is 33.4 Å². The largest absolute Gasteiger partial charge is 0.475 e. The van der Waals surface area contributed by atoms with Crippen molar-refractivity contribution >= 4 is 5.82 Å². The number of aryl methyl sites for hydroxylation is 1. The smallest absolute Gasteiger partial charge is 0.218 e. The van der Waals surface area contributed by atoms with Crippen LogP contribution in [0.4, 0.5) is 5.82 Å². The Hall–Kier alpha value is -2.10. The fourth-order valence-corrected chi connectivity index (χ4v) is 1.64. The van der Waals surface area contributed by atoms with Crippen molar-refractivity contribution in [3.05, 3.63) is 47.8 Å². The highest BCUT2D eigenvalue weighted by molar-refractivity contribution is 5.38. The first-order valence-electron chi connectivity index (χ1n) is 6.41. The maximum absolute atomic E-state index is 5.53. The van der Waals surface area contributed by atoms with Gasteiger partial charge in [0, 0.05) is 12.6 Å². The lowest BCUT2D eigenvalue weighted by Crippen LogP contribution is -2.08. The van der Waals surface area contributed by atoms with Gasteiger partial charge in [-0.1, -0.05) is 29.8 Å². The monoisotopic (exact) mass is 257 g/mol. The summed E-state index contributed by atoms with van der Waals surface area (Å²) < 4.78 is 5.53. The summed E-state index contributed by atoms with van der Waals surface area (Å²) in [6.45, 7) is 6.76. The Balaban J connectivity index is 1.97. The zero-order chi connectivity index (χ0) is 13.7. The molecule has 19 heavy (non-hydrogen) atoms. The zero-order valence-electron chi connectivity index (χ0n) is 11.6. The average Bonchev–Trinajstić information content (AvgIpc) is 2.38. The van der Waals surface area contributed by atoms with E-state index >= 15 is 0 Å². The molecular formula is C15H19N3O. The number of benzene rings is 1. The molecule has 1 aromatic heterocycles. The highest BCUT2D eigenvalue weighted by Gasteiger charge is 2.02. The van der Waals surface area contributed by atoms with Gasteiger partial charge in [0.25, 0.3) is 0 Å². The van der Waals surface area contributed by atoms with Gasteiger partial charge in [-0.2, -0.15) is 0 Å². The molecule has 0 bridgehead atoms. The molecule has 0 spiro atoms. The van der Waals surface area contributed by atoms with Crippen LogP contribution < -0.4 is 10.1 Å². The van der Waals surface area contributed by atoms with E-state index in [0.29, 0.717) is 5.88 Å². The first-order valence-corrected chi connectivity index (χ1v) is 6.41. The molecule has 0 atom stereocenters. The van der Waals surface area contributed by atoms with Crippen LogP contribution in [0, 0.1) is 6.92 Å². The third-order valence-electron chi connectivity index (χ3n) is 2.59. The van der Waals surface area contributed by atoms with Crippen LogP contribution in [0.2, 0.25) is 0 Å². The molecule has 1 N–H and O–H groups in total. The minimum Gasteiger partial charge on any atom is -0.475 e. The van der Waals surface area contributed by atoms with E-state index in [0.717, 1.165) is 12.4 Å². The van der Waals surface area contributed by atoms with E-state index in [4.69, 9.17) is 4.74 Å². The fraction of sp³-hybridized carbons (Fsp3) is 0.333. The molecule has 4 nitrogen and oxygen atoms in total. The van der Waals surface area contributed by atoms with E-state index in [1.54, 1.807) is 0 Å². The van der Waals surface area contributed by atoms with Gasteiger partial charge in [-0.15, -0.1) is 0 Å². The second-order valence-corrected chi connectivity index (χ2v) is 4.75. The minimum atomic E-state index is 0.111. The summed E-state index contributed by atoms with van der Waals surface area (Å²) >= 11 is 0. The van der Waals surface area contributed by atoms with Gasteiger partial charge in [0.1, 0.15) is 12.1 Å². The second kappa shape index (κ2) is 6.18. The van der Waals surface area contributed by atoms with E-state index in [1.807, 2.05) is 19.9 Å². The minimum absolute atomic E-state index is 0.111. The van der Waals surface area contributed by atoms with Crippen LogP contribution in [0.1, 0.15) is 25.0 Å². The topological polar surface area (TPSA) is 47.0 Å². The lowest BCUT2D eigenvalue weighted by molar-refractivity contribution is 0.232. The number of aromatic nitrogens is 2. The highest BCUT2D eigenvalue weighted by Crippen LogP contribution is 2.13. The Morgan fingerprint density at radius 3 is 2.58 bits per heavy atom. The molecule has 1 aromatic carbocycles. The quantitative estimate of drug-likeness (QED) is 0.893. The van der Waals surface area contributed by atoms with Gasteiger partial charge in [0.2, 0.25) is 5.88 Å².